The summed E-state index contributed by atoms with van der Waals surface area (Å²) in [4.78, 5) is 11.0. The summed E-state index contributed by atoms with van der Waals surface area (Å²) >= 11 is 0. The third kappa shape index (κ3) is 3.94. The Hall–Kier alpha value is -1.08. The maximum absolute atomic E-state index is 11.0. The number of nitrogens with zero attached hydrogens (tertiary/aromatic N) is 1. The van der Waals surface area contributed by atoms with Gasteiger partial charge in [0.15, 0.2) is 0 Å². The van der Waals surface area contributed by atoms with Crippen LogP contribution in [-0.2, 0) is 4.79 Å². The van der Waals surface area contributed by atoms with Gasteiger partial charge in [0, 0.05) is 6.54 Å². The average Bonchev–Trinajstić information content (AvgIpc) is 2.00. The molecule has 0 aliphatic heterocycles. The molecule has 0 saturated heterocycles. The van der Waals surface area contributed by atoms with Crippen LogP contribution in [-0.4, -0.2) is 18.5 Å². The topological polar surface area (TPSA) is 78.9 Å². The van der Waals surface area contributed by atoms with Crippen molar-refractivity contribution >= 4 is 5.91 Å². The first-order valence-corrected chi connectivity index (χ1v) is 3.83. The van der Waals surface area contributed by atoms with Gasteiger partial charge in [-0.15, -0.1) is 0 Å². The molecule has 0 unspecified atom stereocenters. The maximum Gasteiger partial charge on any atom is 0.236 e. The van der Waals surface area contributed by atoms with Crippen molar-refractivity contribution < 1.29 is 4.79 Å². The van der Waals surface area contributed by atoms with Gasteiger partial charge < -0.3 is 11.1 Å². The lowest BCUT2D eigenvalue weighted by Crippen LogP contribution is -2.42. The first-order valence-electron chi connectivity index (χ1n) is 3.83. The van der Waals surface area contributed by atoms with Gasteiger partial charge in [-0.1, -0.05) is 0 Å². The van der Waals surface area contributed by atoms with Crippen LogP contribution < -0.4 is 11.1 Å². The van der Waals surface area contributed by atoms with Crippen LogP contribution in [0.1, 0.15) is 20.8 Å². The number of amides is 1. The van der Waals surface area contributed by atoms with E-state index in [-0.39, 0.29) is 5.91 Å². The molecule has 1 atom stereocenters. The molecule has 0 aliphatic rings. The minimum atomic E-state index is -0.523. The number of hydrogen-bond acceptors (Lipinski definition) is 3. The van der Waals surface area contributed by atoms with Crippen molar-refractivity contribution in [3.8, 4) is 6.07 Å². The number of carbonyl (C=O) groups is 1. The second-order valence-electron chi connectivity index (χ2n) is 3.50. The summed E-state index contributed by atoms with van der Waals surface area (Å²) in [5.74, 6) is -0.224. The molecule has 12 heavy (non-hydrogen) atoms. The van der Waals surface area contributed by atoms with Crippen LogP contribution in [0.5, 0.6) is 0 Å². The van der Waals surface area contributed by atoms with Crippen LogP contribution in [0.15, 0.2) is 0 Å². The van der Waals surface area contributed by atoms with Crippen LogP contribution in [0.2, 0.25) is 0 Å². The molecule has 0 rings (SSSR count). The van der Waals surface area contributed by atoms with Gasteiger partial charge >= 0.3 is 0 Å². The normalized spacial score (nSPS) is 13.2. The molecule has 0 aliphatic carbocycles. The van der Waals surface area contributed by atoms with Crippen LogP contribution in [0.4, 0.5) is 0 Å². The predicted octanol–water partition coefficient (Wildman–Crippen LogP) is -0.000420. The largest absolute Gasteiger partial charge is 0.353 e. The number of carbonyl (C=O) groups excluding carboxylic acids is 1. The Labute approximate surface area is 72.7 Å². The van der Waals surface area contributed by atoms with E-state index in [1.807, 2.05) is 0 Å². The Morgan fingerprint density at radius 3 is 2.58 bits per heavy atom. The Bertz CT molecular complexity index is 203. The van der Waals surface area contributed by atoms with E-state index < -0.39 is 11.5 Å². The fourth-order valence-corrected chi connectivity index (χ4v) is 0.509. The highest BCUT2D eigenvalue weighted by Crippen LogP contribution is 2.10. The molecule has 0 aromatic heterocycles. The summed E-state index contributed by atoms with van der Waals surface area (Å²) in [6, 6.07) is 1.57. The number of nitriles is 1. The van der Waals surface area contributed by atoms with Crippen molar-refractivity contribution in [2.75, 3.05) is 6.54 Å². The Balaban J connectivity index is 3.86. The maximum atomic E-state index is 11.0. The van der Waals surface area contributed by atoms with Gasteiger partial charge in [0.2, 0.25) is 5.91 Å². The summed E-state index contributed by atoms with van der Waals surface area (Å²) in [5, 5.41) is 11.2. The second-order valence-corrected chi connectivity index (χ2v) is 3.50. The SMILES string of the molecule is C[C@@H](N)C(=O)NCC(C)(C)C#N. The van der Waals surface area contributed by atoms with Crippen LogP contribution in [0.25, 0.3) is 0 Å². The zero-order chi connectivity index (χ0) is 9.78. The van der Waals surface area contributed by atoms with E-state index in [9.17, 15) is 4.79 Å². The van der Waals surface area contributed by atoms with Crippen LogP contribution in [0, 0.1) is 16.7 Å². The Kier molecular flexibility index (Phi) is 3.71. The van der Waals surface area contributed by atoms with Crippen molar-refractivity contribution in [3.63, 3.8) is 0 Å². The highest BCUT2D eigenvalue weighted by Gasteiger charge is 2.18. The van der Waals surface area contributed by atoms with Crippen molar-refractivity contribution in [1.29, 1.82) is 5.26 Å². The summed E-state index contributed by atoms with van der Waals surface area (Å²) in [5.41, 5.74) is 4.79. The van der Waals surface area contributed by atoms with E-state index in [2.05, 4.69) is 11.4 Å². The van der Waals surface area contributed by atoms with Crippen LogP contribution >= 0.6 is 0 Å². The lowest BCUT2D eigenvalue weighted by atomic mass is 9.96. The van der Waals surface area contributed by atoms with Crippen molar-refractivity contribution in [1.82, 2.24) is 5.32 Å². The fourth-order valence-electron chi connectivity index (χ4n) is 0.509. The first kappa shape index (κ1) is 10.9. The van der Waals surface area contributed by atoms with E-state index in [1.165, 1.54) is 0 Å². The molecule has 0 radical (unpaired) electrons. The molecule has 0 fully saturated rings. The minimum absolute atomic E-state index is 0.224. The van der Waals surface area contributed by atoms with Crippen LogP contribution in [0.3, 0.4) is 0 Å². The summed E-state index contributed by atoms with van der Waals surface area (Å²) in [6.07, 6.45) is 0. The van der Waals surface area contributed by atoms with Gasteiger partial charge in [-0.05, 0) is 20.8 Å². The standard InChI is InChI=1S/C8H15N3O/c1-6(10)7(12)11-5-8(2,3)4-9/h6H,5,10H2,1-3H3,(H,11,12)/t6-/m1/s1. The van der Waals surface area contributed by atoms with Crippen molar-refractivity contribution in [2.24, 2.45) is 11.1 Å². The first-order chi connectivity index (χ1) is 5.39. The zero-order valence-corrected chi connectivity index (χ0v) is 7.72. The van der Waals surface area contributed by atoms with Gasteiger partial charge in [0.25, 0.3) is 0 Å². The smallest absolute Gasteiger partial charge is 0.236 e. The van der Waals surface area contributed by atoms with Gasteiger partial charge in [-0.2, -0.15) is 5.26 Å². The fraction of sp³-hybridized carbons (Fsp3) is 0.750. The molecule has 4 nitrogen and oxygen atoms in total. The summed E-state index contributed by atoms with van der Waals surface area (Å²) in [6.45, 7) is 5.46. The van der Waals surface area contributed by atoms with Gasteiger partial charge in [-0.25, -0.2) is 0 Å². The van der Waals surface area contributed by atoms with E-state index in [0.717, 1.165) is 0 Å². The quantitative estimate of drug-likeness (QED) is 0.624. The Morgan fingerprint density at radius 2 is 2.25 bits per heavy atom. The molecular weight excluding hydrogens is 154 g/mol. The molecule has 4 heteroatoms. The van der Waals surface area contributed by atoms with E-state index in [0.29, 0.717) is 6.54 Å². The third-order valence-corrected chi connectivity index (χ3v) is 1.42. The number of hydrogen-bond donors (Lipinski definition) is 2. The molecule has 0 bridgehead atoms. The van der Waals surface area contributed by atoms with E-state index in [4.69, 9.17) is 11.0 Å². The van der Waals surface area contributed by atoms with Crippen molar-refractivity contribution in [2.45, 2.75) is 26.8 Å². The Morgan fingerprint density at radius 1 is 1.75 bits per heavy atom. The highest BCUT2D eigenvalue weighted by atomic mass is 16.2. The van der Waals surface area contributed by atoms with Gasteiger partial charge in [0.1, 0.15) is 0 Å². The summed E-state index contributed by atoms with van der Waals surface area (Å²) in [7, 11) is 0. The second kappa shape index (κ2) is 4.07. The predicted molar refractivity (Wildman–Crippen MR) is 46.1 cm³/mol. The molecular formula is C8H15N3O. The average molecular weight is 169 g/mol. The molecule has 0 spiro atoms. The number of nitrogens with two attached hydrogens (primary N) is 1. The molecule has 0 aromatic carbocycles. The lowest BCUT2D eigenvalue weighted by Gasteiger charge is -2.16. The number of rotatable bonds is 3. The molecule has 0 aromatic rings. The van der Waals surface area contributed by atoms with E-state index in [1.54, 1.807) is 20.8 Å². The van der Waals surface area contributed by atoms with Gasteiger partial charge in [0.05, 0.1) is 17.5 Å². The summed E-state index contributed by atoms with van der Waals surface area (Å²) < 4.78 is 0. The molecule has 68 valence electrons. The molecule has 0 heterocycles. The highest BCUT2D eigenvalue weighted by molar-refractivity contribution is 5.80. The minimum Gasteiger partial charge on any atom is -0.353 e. The lowest BCUT2D eigenvalue weighted by molar-refractivity contribution is -0.122. The monoisotopic (exact) mass is 169 g/mol. The number of nitrogens with one attached hydrogen (secondary N) is 1. The van der Waals surface area contributed by atoms with Crippen molar-refractivity contribution in [3.05, 3.63) is 0 Å². The van der Waals surface area contributed by atoms with Gasteiger partial charge in [-0.3, -0.25) is 4.79 Å². The third-order valence-electron chi connectivity index (χ3n) is 1.42. The molecule has 0 saturated carbocycles. The zero-order valence-electron chi connectivity index (χ0n) is 7.72. The molecule has 3 N–H and O–H groups in total. The van der Waals surface area contributed by atoms with E-state index >= 15 is 0 Å². The molecule has 1 amide bonds.